The maximum atomic E-state index is 5.72. The van der Waals surface area contributed by atoms with Gasteiger partial charge >= 0.3 is 0 Å². The summed E-state index contributed by atoms with van der Waals surface area (Å²) in [5.41, 5.74) is 7.48. The zero-order chi connectivity index (χ0) is 10.7. The maximum Gasteiger partial charge on any atom is 0.142 e. The average molecular weight is 207 g/mol. The quantitative estimate of drug-likeness (QED) is 0.648. The van der Waals surface area contributed by atoms with Gasteiger partial charge in [-0.1, -0.05) is 0 Å². The fraction of sp³-hybridized carbons (Fsp3) is 0.455. The molecule has 0 saturated carbocycles. The van der Waals surface area contributed by atoms with Crippen molar-refractivity contribution in [2.75, 3.05) is 31.2 Å². The minimum absolute atomic E-state index is 0.367. The highest BCUT2D eigenvalue weighted by atomic mass is 16.5. The highest BCUT2D eigenvalue weighted by Gasteiger charge is 2.17. The molecule has 4 heteroatoms. The first-order chi connectivity index (χ1) is 7.29. The molecule has 0 aromatic heterocycles. The standard InChI is InChI=1S/C11H17N3O/c1-13-5-4-9-7-15-11-3-2-8(12)6-10(11)14-9/h2-3,6,9,13-14H,4-5,7,12H2,1H3. The molecule has 4 nitrogen and oxygen atoms in total. The summed E-state index contributed by atoms with van der Waals surface area (Å²) in [5.74, 6) is 0.893. The topological polar surface area (TPSA) is 59.3 Å². The minimum Gasteiger partial charge on any atom is -0.489 e. The summed E-state index contributed by atoms with van der Waals surface area (Å²) in [6.45, 7) is 1.71. The van der Waals surface area contributed by atoms with Crippen LogP contribution in [0.3, 0.4) is 0 Å². The molecule has 0 amide bonds. The number of anilines is 2. The van der Waals surface area contributed by atoms with E-state index in [9.17, 15) is 0 Å². The van der Waals surface area contributed by atoms with E-state index in [1.54, 1.807) is 0 Å². The molecule has 1 heterocycles. The number of nitrogens with one attached hydrogen (secondary N) is 2. The third-order valence-corrected chi connectivity index (χ3v) is 2.55. The summed E-state index contributed by atoms with van der Waals surface area (Å²) < 4.78 is 5.64. The summed E-state index contributed by atoms with van der Waals surface area (Å²) in [6.07, 6.45) is 1.05. The number of hydrogen-bond donors (Lipinski definition) is 3. The molecule has 2 rings (SSSR count). The lowest BCUT2D eigenvalue weighted by molar-refractivity contribution is 0.278. The maximum absolute atomic E-state index is 5.72. The lowest BCUT2D eigenvalue weighted by Gasteiger charge is -2.27. The van der Waals surface area contributed by atoms with Gasteiger partial charge in [0.1, 0.15) is 12.4 Å². The Balaban J connectivity index is 2.05. The van der Waals surface area contributed by atoms with Gasteiger partial charge in [-0.2, -0.15) is 0 Å². The normalized spacial score (nSPS) is 18.9. The molecule has 4 N–H and O–H groups in total. The molecule has 1 aliphatic rings. The molecule has 0 bridgehead atoms. The first-order valence-electron chi connectivity index (χ1n) is 5.23. The Labute approximate surface area is 89.8 Å². The van der Waals surface area contributed by atoms with Crippen molar-refractivity contribution in [2.24, 2.45) is 0 Å². The summed E-state index contributed by atoms with van der Waals surface area (Å²) in [4.78, 5) is 0. The van der Waals surface area contributed by atoms with Crippen LogP contribution in [0.4, 0.5) is 11.4 Å². The number of rotatable bonds is 3. The fourth-order valence-electron chi connectivity index (χ4n) is 1.71. The van der Waals surface area contributed by atoms with Crippen LogP contribution in [0.15, 0.2) is 18.2 Å². The van der Waals surface area contributed by atoms with E-state index in [-0.39, 0.29) is 0 Å². The van der Waals surface area contributed by atoms with Crippen molar-refractivity contribution in [3.05, 3.63) is 18.2 Å². The van der Waals surface area contributed by atoms with Gasteiger partial charge in [0.2, 0.25) is 0 Å². The predicted molar refractivity (Wildman–Crippen MR) is 62.3 cm³/mol. The molecule has 0 spiro atoms. The third-order valence-electron chi connectivity index (χ3n) is 2.55. The second kappa shape index (κ2) is 4.40. The molecule has 1 unspecified atom stereocenters. The van der Waals surface area contributed by atoms with E-state index in [0.29, 0.717) is 6.04 Å². The van der Waals surface area contributed by atoms with Crippen LogP contribution in [-0.4, -0.2) is 26.2 Å². The molecule has 0 radical (unpaired) electrons. The Bertz CT molecular complexity index is 341. The van der Waals surface area contributed by atoms with Crippen LogP contribution in [0.5, 0.6) is 5.75 Å². The van der Waals surface area contributed by atoms with E-state index in [1.807, 2.05) is 25.2 Å². The van der Waals surface area contributed by atoms with Crippen LogP contribution in [0.25, 0.3) is 0 Å². The fourth-order valence-corrected chi connectivity index (χ4v) is 1.71. The first kappa shape index (κ1) is 10.1. The minimum atomic E-state index is 0.367. The van der Waals surface area contributed by atoms with Crippen molar-refractivity contribution in [3.8, 4) is 5.75 Å². The van der Waals surface area contributed by atoms with Gasteiger partial charge in [-0.3, -0.25) is 0 Å². The molecule has 0 fully saturated rings. The molecule has 1 atom stereocenters. The molecule has 1 aromatic carbocycles. The van der Waals surface area contributed by atoms with Crippen LogP contribution < -0.4 is 21.1 Å². The molecule has 82 valence electrons. The third kappa shape index (κ3) is 2.33. The SMILES string of the molecule is CNCCC1COc2ccc(N)cc2N1. The Morgan fingerprint density at radius 3 is 3.27 bits per heavy atom. The van der Waals surface area contributed by atoms with Crippen molar-refractivity contribution >= 4 is 11.4 Å². The molecule has 1 aromatic rings. The number of hydrogen-bond acceptors (Lipinski definition) is 4. The summed E-state index contributed by atoms with van der Waals surface area (Å²) in [7, 11) is 1.95. The van der Waals surface area contributed by atoms with Crippen molar-refractivity contribution < 1.29 is 4.74 Å². The van der Waals surface area contributed by atoms with Gasteiger partial charge in [-0.15, -0.1) is 0 Å². The highest BCUT2D eigenvalue weighted by molar-refractivity contribution is 5.64. The van der Waals surface area contributed by atoms with E-state index >= 15 is 0 Å². The lowest BCUT2D eigenvalue weighted by atomic mass is 10.1. The van der Waals surface area contributed by atoms with Gasteiger partial charge < -0.3 is 21.1 Å². The van der Waals surface area contributed by atoms with Crippen LogP contribution >= 0.6 is 0 Å². The van der Waals surface area contributed by atoms with Crippen molar-refractivity contribution in [1.29, 1.82) is 0 Å². The summed E-state index contributed by atoms with van der Waals surface area (Å²) >= 11 is 0. The van der Waals surface area contributed by atoms with E-state index in [1.165, 1.54) is 0 Å². The number of benzene rings is 1. The van der Waals surface area contributed by atoms with E-state index in [2.05, 4.69) is 10.6 Å². The summed E-state index contributed by atoms with van der Waals surface area (Å²) in [5, 5.41) is 6.56. The highest BCUT2D eigenvalue weighted by Crippen LogP contribution is 2.30. The number of ether oxygens (including phenoxy) is 1. The van der Waals surface area contributed by atoms with Crippen molar-refractivity contribution in [2.45, 2.75) is 12.5 Å². The van der Waals surface area contributed by atoms with Gasteiger partial charge in [0, 0.05) is 5.69 Å². The second-order valence-electron chi connectivity index (χ2n) is 3.80. The Morgan fingerprint density at radius 2 is 2.47 bits per heavy atom. The first-order valence-corrected chi connectivity index (χ1v) is 5.23. The monoisotopic (exact) mass is 207 g/mol. The van der Waals surface area contributed by atoms with E-state index in [0.717, 1.165) is 36.7 Å². The van der Waals surface area contributed by atoms with Gasteiger partial charge in [0.15, 0.2) is 0 Å². The molecule has 0 aliphatic carbocycles. The Kier molecular flexibility index (Phi) is 2.97. The van der Waals surface area contributed by atoms with Crippen LogP contribution in [-0.2, 0) is 0 Å². The molecule has 1 aliphatic heterocycles. The average Bonchev–Trinajstić information content (AvgIpc) is 2.25. The van der Waals surface area contributed by atoms with Crippen LogP contribution in [0.1, 0.15) is 6.42 Å². The number of nitrogens with two attached hydrogens (primary N) is 1. The molecular formula is C11H17N3O. The second-order valence-corrected chi connectivity index (χ2v) is 3.80. The Morgan fingerprint density at radius 1 is 1.60 bits per heavy atom. The number of nitrogen functional groups attached to an aromatic ring is 1. The van der Waals surface area contributed by atoms with Crippen molar-refractivity contribution in [1.82, 2.24) is 5.32 Å². The van der Waals surface area contributed by atoms with E-state index < -0.39 is 0 Å². The van der Waals surface area contributed by atoms with Gasteiger partial charge in [-0.25, -0.2) is 0 Å². The van der Waals surface area contributed by atoms with Crippen molar-refractivity contribution in [3.63, 3.8) is 0 Å². The van der Waals surface area contributed by atoms with Gasteiger partial charge in [0.25, 0.3) is 0 Å². The largest absolute Gasteiger partial charge is 0.489 e. The predicted octanol–water partition coefficient (Wildman–Crippen LogP) is 1.05. The van der Waals surface area contributed by atoms with E-state index in [4.69, 9.17) is 10.5 Å². The summed E-state index contributed by atoms with van der Waals surface area (Å²) in [6, 6.07) is 6.05. The number of fused-ring (bicyclic) bond motifs is 1. The van der Waals surface area contributed by atoms with Crippen LogP contribution in [0.2, 0.25) is 0 Å². The molecule has 15 heavy (non-hydrogen) atoms. The van der Waals surface area contributed by atoms with Gasteiger partial charge in [-0.05, 0) is 38.2 Å². The zero-order valence-corrected chi connectivity index (χ0v) is 8.92. The molecular weight excluding hydrogens is 190 g/mol. The van der Waals surface area contributed by atoms with Crippen LogP contribution in [0, 0.1) is 0 Å². The lowest BCUT2D eigenvalue weighted by Crippen LogP contribution is -2.33. The smallest absolute Gasteiger partial charge is 0.142 e. The molecule has 0 saturated heterocycles. The zero-order valence-electron chi connectivity index (χ0n) is 8.92. The Hall–Kier alpha value is -1.42. The van der Waals surface area contributed by atoms with Gasteiger partial charge in [0.05, 0.1) is 11.7 Å².